The Morgan fingerprint density at radius 1 is 1.31 bits per heavy atom. The summed E-state index contributed by atoms with van der Waals surface area (Å²) in [7, 11) is 0. The summed E-state index contributed by atoms with van der Waals surface area (Å²) >= 11 is 0. The molecule has 2 nitrogen and oxygen atoms in total. The molecule has 1 aromatic carbocycles. The maximum atomic E-state index is 6.04. The molecule has 2 atom stereocenters. The maximum Gasteiger partial charge on any atom is 0.248 e. The summed E-state index contributed by atoms with van der Waals surface area (Å²) in [6, 6.07) is 10.6. The highest BCUT2D eigenvalue weighted by molar-refractivity contribution is 5.83. The highest BCUT2D eigenvalue weighted by Gasteiger charge is 2.34. The molecule has 3 heteroatoms. The zero-order valence-corrected chi connectivity index (χ0v) is 10.4. The first kappa shape index (κ1) is 13.0. The number of nitrogens with two attached hydrogens (primary N) is 1. The second kappa shape index (κ2) is 5.90. The monoisotopic (exact) mass is 238 g/mol. The lowest BCUT2D eigenvalue weighted by Gasteiger charge is -2.16. The summed E-state index contributed by atoms with van der Waals surface area (Å²) in [6.07, 6.45) is 2.47. The average Bonchev–Trinajstić information content (AvgIpc) is 2.62. The molecule has 0 radical (unpaired) electrons. The average molecular weight is 239 g/mol. The summed E-state index contributed by atoms with van der Waals surface area (Å²) in [5, 5.41) is 0. The van der Waals surface area contributed by atoms with Gasteiger partial charge in [-0.05, 0) is 12.0 Å². The van der Waals surface area contributed by atoms with Gasteiger partial charge in [-0.1, -0.05) is 43.7 Å². The van der Waals surface area contributed by atoms with E-state index in [1.54, 1.807) is 0 Å². The van der Waals surface area contributed by atoms with Crippen molar-refractivity contribution >= 4 is 5.84 Å². The molecule has 0 bridgehead atoms. The summed E-state index contributed by atoms with van der Waals surface area (Å²) in [5.41, 5.74) is 7.38. The van der Waals surface area contributed by atoms with Crippen molar-refractivity contribution in [1.29, 1.82) is 0 Å². The zero-order chi connectivity index (χ0) is 10.7. The highest BCUT2D eigenvalue weighted by Crippen LogP contribution is 2.28. The van der Waals surface area contributed by atoms with Crippen LogP contribution in [0.1, 0.15) is 31.2 Å². The van der Waals surface area contributed by atoms with Crippen LogP contribution in [0.25, 0.3) is 0 Å². The number of hydrogen-bond acceptors (Lipinski definition) is 1. The molecule has 0 amide bonds. The lowest BCUT2D eigenvalue weighted by molar-refractivity contribution is -0.454. The summed E-state index contributed by atoms with van der Waals surface area (Å²) in [4.78, 5) is 3.30. The smallest absolute Gasteiger partial charge is 0.248 e. The Balaban J connectivity index is 0.00000128. The van der Waals surface area contributed by atoms with Crippen LogP contribution in [0.3, 0.4) is 0 Å². The molecular formula is C13H19ClN2. The minimum absolute atomic E-state index is 0. The molecule has 3 N–H and O–H groups in total. The molecule has 2 rings (SSSR count). The molecule has 16 heavy (non-hydrogen) atoms. The predicted molar refractivity (Wildman–Crippen MR) is 62.6 cm³/mol. The molecule has 1 aliphatic rings. The maximum absolute atomic E-state index is 6.04. The SMILES string of the molecule is CCCC1C[NH+]=C(N)C1c1ccccc1.[Cl-]. The van der Waals surface area contributed by atoms with Gasteiger partial charge in [0.15, 0.2) is 0 Å². The van der Waals surface area contributed by atoms with Gasteiger partial charge in [-0.3, -0.25) is 10.7 Å². The number of nitrogens with one attached hydrogen (secondary N) is 1. The summed E-state index contributed by atoms with van der Waals surface area (Å²) < 4.78 is 0. The molecule has 1 heterocycles. The largest absolute Gasteiger partial charge is 1.00 e. The zero-order valence-electron chi connectivity index (χ0n) is 9.62. The van der Waals surface area contributed by atoms with Gasteiger partial charge in [-0.15, -0.1) is 0 Å². The van der Waals surface area contributed by atoms with Crippen molar-refractivity contribution in [3.63, 3.8) is 0 Å². The van der Waals surface area contributed by atoms with Crippen molar-refractivity contribution in [2.75, 3.05) is 6.54 Å². The fraction of sp³-hybridized carbons (Fsp3) is 0.462. The molecule has 0 fully saturated rings. The quantitative estimate of drug-likeness (QED) is 0.608. The van der Waals surface area contributed by atoms with Crippen LogP contribution in [0.2, 0.25) is 0 Å². The minimum Gasteiger partial charge on any atom is -1.00 e. The van der Waals surface area contributed by atoms with Crippen molar-refractivity contribution < 1.29 is 17.4 Å². The van der Waals surface area contributed by atoms with E-state index in [4.69, 9.17) is 5.73 Å². The number of amidine groups is 1. The van der Waals surface area contributed by atoms with Crippen LogP contribution in [-0.4, -0.2) is 12.4 Å². The molecule has 0 saturated heterocycles. The van der Waals surface area contributed by atoms with Crippen molar-refractivity contribution in [1.82, 2.24) is 0 Å². The lowest BCUT2D eigenvalue weighted by atomic mass is 9.85. The molecule has 2 unspecified atom stereocenters. The second-order valence-corrected chi connectivity index (χ2v) is 4.27. The Hall–Kier alpha value is -1.02. The van der Waals surface area contributed by atoms with E-state index >= 15 is 0 Å². The first-order valence-corrected chi connectivity index (χ1v) is 5.74. The van der Waals surface area contributed by atoms with E-state index in [-0.39, 0.29) is 12.4 Å². The second-order valence-electron chi connectivity index (χ2n) is 4.27. The minimum atomic E-state index is 0. The third kappa shape index (κ3) is 2.56. The number of rotatable bonds is 3. The third-order valence-corrected chi connectivity index (χ3v) is 3.19. The molecule has 0 saturated carbocycles. The molecule has 0 spiro atoms. The van der Waals surface area contributed by atoms with Gasteiger partial charge in [0, 0.05) is 5.92 Å². The third-order valence-electron chi connectivity index (χ3n) is 3.19. The van der Waals surface area contributed by atoms with Gasteiger partial charge < -0.3 is 12.4 Å². The molecule has 88 valence electrons. The van der Waals surface area contributed by atoms with E-state index in [0.29, 0.717) is 11.8 Å². The van der Waals surface area contributed by atoms with Crippen molar-refractivity contribution in [2.45, 2.75) is 25.7 Å². The first-order chi connectivity index (χ1) is 7.33. The van der Waals surface area contributed by atoms with Crippen LogP contribution in [0.4, 0.5) is 0 Å². The normalized spacial score (nSPS) is 23.7. The summed E-state index contributed by atoms with van der Waals surface area (Å²) in [6.45, 7) is 3.26. The Labute approximate surface area is 103 Å². The van der Waals surface area contributed by atoms with E-state index in [1.165, 1.54) is 18.4 Å². The van der Waals surface area contributed by atoms with Crippen LogP contribution in [0, 0.1) is 5.92 Å². The van der Waals surface area contributed by atoms with E-state index < -0.39 is 0 Å². The fourth-order valence-electron chi connectivity index (χ4n) is 2.48. The van der Waals surface area contributed by atoms with Crippen molar-refractivity contribution in [2.24, 2.45) is 11.7 Å². The molecule has 1 aromatic rings. The van der Waals surface area contributed by atoms with Gasteiger partial charge in [-0.2, -0.15) is 0 Å². The standard InChI is InChI=1S/C13H18N2.ClH/c1-2-6-11-9-15-13(14)12(11)10-7-4-3-5-8-10;/h3-5,7-8,11-12H,2,6,9H2,1H3,(H2,14,15);1H. The van der Waals surface area contributed by atoms with Crippen LogP contribution in [0.15, 0.2) is 30.3 Å². The van der Waals surface area contributed by atoms with E-state index in [0.717, 1.165) is 12.4 Å². The Bertz CT molecular complexity index is 348. The Morgan fingerprint density at radius 3 is 2.62 bits per heavy atom. The summed E-state index contributed by atoms with van der Waals surface area (Å²) in [5.74, 6) is 2.02. The number of halogens is 1. The van der Waals surface area contributed by atoms with Gasteiger partial charge >= 0.3 is 0 Å². The van der Waals surface area contributed by atoms with Crippen LogP contribution in [-0.2, 0) is 0 Å². The van der Waals surface area contributed by atoms with Crippen molar-refractivity contribution in [3.8, 4) is 0 Å². The molecule has 0 aromatic heterocycles. The van der Waals surface area contributed by atoms with E-state index in [2.05, 4.69) is 42.2 Å². The Kier molecular flexibility index (Phi) is 4.81. The molecule has 1 aliphatic heterocycles. The van der Waals surface area contributed by atoms with Gasteiger partial charge in [0.2, 0.25) is 5.84 Å². The molecule has 0 aliphatic carbocycles. The fourth-order valence-corrected chi connectivity index (χ4v) is 2.48. The van der Waals surface area contributed by atoms with Crippen molar-refractivity contribution in [3.05, 3.63) is 35.9 Å². The topological polar surface area (TPSA) is 40.0 Å². The van der Waals surface area contributed by atoms with Crippen LogP contribution < -0.4 is 23.1 Å². The lowest BCUT2D eigenvalue weighted by Crippen LogP contribution is -3.00. The predicted octanol–water partition coefficient (Wildman–Crippen LogP) is -2.36. The van der Waals surface area contributed by atoms with E-state index in [9.17, 15) is 0 Å². The van der Waals surface area contributed by atoms with Crippen LogP contribution in [0.5, 0.6) is 0 Å². The van der Waals surface area contributed by atoms with E-state index in [1.807, 2.05) is 0 Å². The van der Waals surface area contributed by atoms with Gasteiger partial charge in [0.25, 0.3) is 0 Å². The molecular weight excluding hydrogens is 220 g/mol. The number of benzene rings is 1. The first-order valence-electron chi connectivity index (χ1n) is 5.74. The van der Waals surface area contributed by atoms with Crippen LogP contribution >= 0.6 is 0 Å². The van der Waals surface area contributed by atoms with Gasteiger partial charge in [-0.25, -0.2) is 0 Å². The van der Waals surface area contributed by atoms with Gasteiger partial charge in [0.05, 0.1) is 12.5 Å². The van der Waals surface area contributed by atoms with Gasteiger partial charge in [0.1, 0.15) is 0 Å². The Morgan fingerprint density at radius 2 is 2.00 bits per heavy atom. The highest BCUT2D eigenvalue weighted by atomic mass is 35.5. The number of hydrogen-bond donors (Lipinski definition) is 2.